The minimum atomic E-state index is -0.0309. The van der Waals surface area contributed by atoms with E-state index in [9.17, 15) is 4.79 Å². The van der Waals surface area contributed by atoms with Crippen molar-refractivity contribution in [2.24, 2.45) is 5.10 Å². The molecule has 8 nitrogen and oxygen atoms in total. The fourth-order valence-electron chi connectivity index (χ4n) is 4.50. The van der Waals surface area contributed by atoms with E-state index in [1.807, 2.05) is 36.5 Å². The first kappa shape index (κ1) is 26.9. The summed E-state index contributed by atoms with van der Waals surface area (Å²) in [5.41, 5.74) is 8.20. The molecule has 4 rings (SSSR count). The van der Waals surface area contributed by atoms with Crippen LogP contribution < -0.4 is 15.1 Å². The van der Waals surface area contributed by atoms with Crippen molar-refractivity contribution < 1.29 is 9.53 Å². The Morgan fingerprint density at radius 1 is 1.16 bits per heavy atom. The Kier molecular flexibility index (Phi) is 9.08. The van der Waals surface area contributed by atoms with Gasteiger partial charge in [-0.05, 0) is 37.0 Å². The van der Waals surface area contributed by atoms with E-state index >= 15 is 0 Å². The Bertz CT molecular complexity index is 1410. The summed E-state index contributed by atoms with van der Waals surface area (Å²) in [6, 6.07) is 14.0. The fourth-order valence-corrected chi connectivity index (χ4v) is 4.50. The number of ether oxygens (including phenoxy) is 1. The van der Waals surface area contributed by atoms with Crippen LogP contribution in [0.5, 0.6) is 5.88 Å². The molecule has 1 aromatic carbocycles. The van der Waals surface area contributed by atoms with Gasteiger partial charge in [0.2, 0.25) is 11.8 Å². The lowest BCUT2D eigenvalue weighted by Crippen LogP contribution is -2.25. The number of aryl methyl sites for hydroxylation is 1. The molecule has 0 unspecified atom stereocenters. The second-order valence-corrected chi connectivity index (χ2v) is 9.35. The normalized spacial score (nSPS) is 11.3. The molecule has 0 saturated heterocycles. The van der Waals surface area contributed by atoms with Gasteiger partial charge in [0.25, 0.3) is 0 Å². The van der Waals surface area contributed by atoms with Crippen molar-refractivity contribution in [3.63, 3.8) is 0 Å². The van der Waals surface area contributed by atoms with E-state index in [0.29, 0.717) is 24.7 Å². The Hall–Kier alpha value is -4.20. The van der Waals surface area contributed by atoms with Gasteiger partial charge in [0.15, 0.2) is 5.82 Å². The standard InChI is InChI=1S/C30H36N6O2/c1-5-13-35(14-6-2)26-17-29(34-32-19-24-9-7-8-22(3)16-24)33-30(18-26)38-15-11-25-21-36(23(4)37)28-10-12-31-20-27(25)28/h7-10,12,16-21H,5-6,11,13-15H2,1-4H3,(H,33,34)/b32-19+. The minimum Gasteiger partial charge on any atom is -0.477 e. The number of hydrogen-bond acceptors (Lipinski definition) is 7. The Morgan fingerprint density at radius 3 is 2.71 bits per heavy atom. The molecule has 0 bridgehead atoms. The van der Waals surface area contributed by atoms with Crippen molar-refractivity contribution in [2.75, 3.05) is 30.0 Å². The van der Waals surface area contributed by atoms with Crippen LogP contribution in [0.3, 0.4) is 0 Å². The SMILES string of the molecule is CCCN(CCC)c1cc(N/N=C/c2cccc(C)c2)nc(OCCc2cn(C(C)=O)c3ccncc23)c1. The number of anilines is 2. The molecule has 1 N–H and O–H groups in total. The number of fused-ring (bicyclic) bond motifs is 1. The highest BCUT2D eigenvalue weighted by Crippen LogP contribution is 2.26. The lowest BCUT2D eigenvalue weighted by atomic mass is 10.2. The number of nitrogens with one attached hydrogen (secondary N) is 1. The quantitative estimate of drug-likeness (QED) is 0.183. The van der Waals surface area contributed by atoms with Gasteiger partial charge < -0.3 is 9.64 Å². The molecule has 0 aliphatic carbocycles. The molecule has 0 fully saturated rings. The average Bonchev–Trinajstić information content (AvgIpc) is 3.28. The number of carbonyl (C=O) groups is 1. The number of nitrogens with zero attached hydrogens (tertiary/aromatic N) is 5. The monoisotopic (exact) mass is 512 g/mol. The minimum absolute atomic E-state index is 0.0309. The molecule has 0 spiro atoms. The van der Waals surface area contributed by atoms with Crippen LogP contribution in [-0.2, 0) is 6.42 Å². The van der Waals surface area contributed by atoms with Crippen molar-refractivity contribution in [1.82, 2.24) is 14.5 Å². The number of rotatable bonds is 12. The summed E-state index contributed by atoms with van der Waals surface area (Å²) in [7, 11) is 0. The first-order chi connectivity index (χ1) is 18.5. The lowest BCUT2D eigenvalue weighted by Gasteiger charge is -2.24. The van der Waals surface area contributed by atoms with Gasteiger partial charge in [-0.3, -0.25) is 19.8 Å². The number of benzene rings is 1. The number of carbonyl (C=O) groups excluding carboxylic acids is 1. The van der Waals surface area contributed by atoms with Crippen molar-refractivity contribution >= 4 is 34.5 Å². The van der Waals surface area contributed by atoms with Crippen LogP contribution in [-0.4, -0.2) is 46.4 Å². The third kappa shape index (κ3) is 6.76. The predicted octanol–water partition coefficient (Wildman–Crippen LogP) is 6.09. The first-order valence-electron chi connectivity index (χ1n) is 13.2. The predicted molar refractivity (Wildman–Crippen MR) is 155 cm³/mol. The molecule has 3 aromatic heterocycles. The van der Waals surface area contributed by atoms with Gasteiger partial charge in [-0.1, -0.05) is 43.7 Å². The molecule has 3 heterocycles. The topological polar surface area (TPSA) is 84.6 Å². The lowest BCUT2D eigenvalue weighted by molar-refractivity contribution is 0.0941. The molecule has 8 heteroatoms. The van der Waals surface area contributed by atoms with Gasteiger partial charge in [0, 0.05) is 68.2 Å². The van der Waals surface area contributed by atoms with Gasteiger partial charge in [-0.25, -0.2) is 0 Å². The smallest absolute Gasteiger partial charge is 0.227 e. The van der Waals surface area contributed by atoms with E-state index in [2.05, 4.69) is 58.3 Å². The molecular weight excluding hydrogens is 476 g/mol. The highest BCUT2D eigenvalue weighted by Gasteiger charge is 2.13. The summed E-state index contributed by atoms with van der Waals surface area (Å²) in [4.78, 5) is 23.3. The Balaban J connectivity index is 1.53. The van der Waals surface area contributed by atoms with Gasteiger partial charge in [-0.15, -0.1) is 0 Å². The van der Waals surface area contributed by atoms with E-state index in [0.717, 1.165) is 53.6 Å². The maximum Gasteiger partial charge on any atom is 0.227 e. The van der Waals surface area contributed by atoms with Crippen molar-refractivity contribution in [3.8, 4) is 5.88 Å². The maximum atomic E-state index is 12.1. The summed E-state index contributed by atoms with van der Waals surface area (Å²) in [6.45, 7) is 10.3. The molecule has 0 amide bonds. The summed E-state index contributed by atoms with van der Waals surface area (Å²) in [6.07, 6.45) is 9.87. The molecule has 0 saturated carbocycles. The summed E-state index contributed by atoms with van der Waals surface area (Å²) >= 11 is 0. The second kappa shape index (κ2) is 12.9. The van der Waals surface area contributed by atoms with Gasteiger partial charge in [-0.2, -0.15) is 10.1 Å². The number of aromatic nitrogens is 3. The van der Waals surface area contributed by atoms with E-state index in [1.54, 1.807) is 30.1 Å². The van der Waals surface area contributed by atoms with Crippen molar-refractivity contribution in [1.29, 1.82) is 0 Å². The zero-order chi connectivity index (χ0) is 26.9. The van der Waals surface area contributed by atoms with Gasteiger partial charge >= 0.3 is 0 Å². The van der Waals surface area contributed by atoms with Gasteiger partial charge in [0.1, 0.15) is 0 Å². The Morgan fingerprint density at radius 2 is 1.97 bits per heavy atom. The molecule has 0 atom stereocenters. The van der Waals surface area contributed by atoms with Crippen LogP contribution in [0.2, 0.25) is 0 Å². The molecule has 0 aliphatic rings. The molecule has 0 radical (unpaired) electrons. The highest BCUT2D eigenvalue weighted by molar-refractivity contribution is 5.93. The van der Waals surface area contributed by atoms with Gasteiger partial charge in [0.05, 0.1) is 18.3 Å². The first-order valence-corrected chi connectivity index (χ1v) is 13.2. The molecule has 198 valence electrons. The largest absolute Gasteiger partial charge is 0.477 e. The number of pyridine rings is 2. The number of hydrogen-bond donors (Lipinski definition) is 1. The van der Waals surface area contributed by atoms with Crippen LogP contribution in [0.15, 0.2) is 66.2 Å². The van der Waals surface area contributed by atoms with Crippen LogP contribution in [0.25, 0.3) is 10.9 Å². The fraction of sp³-hybridized carbons (Fsp3) is 0.333. The molecule has 38 heavy (non-hydrogen) atoms. The van der Waals surface area contributed by atoms with E-state index in [4.69, 9.17) is 4.74 Å². The zero-order valence-corrected chi connectivity index (χ0v) is 22.6. The van der Waals surface area contributed by atoms with Crippen LogP contribution in [0.4, 0.5) is 11.5 Å². The van der Waals surface area contributed by atoms with E-state index in [-0.39, 0.29) is 5.91 Å². The second-order valence-electron chi connectivity index (χ2n) is 9.35. The van der Waals surface area contributed by atoms with E-state index < -0.39 is 0 Å². The third-order valence-corrected chi connectivity index (χ3v) is 6.22. The Labute approximate surface area is 224 Å². The molecular formula is C30H36N6O2. The highest BCUT2D eigenvalue weighted by atomic mass is 16.5. The third-order valence-electron chi connectivity index (χ3n) is 6.22. The van der Waals surface area contributed by atoms with Crippen LogP contribution in [0.1, 0.15) is 55.1 Å². The van der Waals surface area contributed by atoms with Crippen molar-refractivity contribution in [2.45, 2.75) is 47.0 Å². The number of hydrazone groups is 1. The summed E-state index contributed by atoms with van der Waals surface area (Å²) in [5, 5.41) is 5.37. The summed E-state index contributed by atoms with van der Waals surface area (Å²) in [5.74, 6) is 1.12. The molecule has 4 aromatic rings. The summed E-state index contributed by atoms with van der Waals surface area (Å²) < 4.78 is 7.81. The maximum absolute atomic E-state index is 12.1. The molecule has 0 aliphatic heterocycles. The van der Waals surface area contributed by atoms with Crippen LogP contribution in [0, 0.1) is 6.92 Å². The van der Waals surface area contributed by atoms with E-state index in [1.165, 1.54) is 5.56 Å². The zero-order valence-electron chi connectivity index (χ0n) is 22.6. The van der Waals surface area contributed by atoms with Crippen LogP contribution >= 0.6 is 0 Å². The average molecular weight is 513 g/mol. The van der Waals surface area contributed by atoms with Crippen molar-refractivity contribution in [3.05, 3.63) is 77.7 Å².